The third-order valence-corrected chi connectivity index (χ3v) is 3.94. The molecule has 0 unspecified atom stereocenters. The molecule has 0 radical (unpaired) electrons. The second-order valence-corrected chi connectivity index (χ2v) is 5.35. The first-order chi connectivity index (χ1) is 8.92. The molecule has 0 fully saturated rings. The zero-order valence-corrected chi connectivity index (χ0v) is 12.4. The number of carbonyl (C=O) groups is 1. The SMILES string of the molecule is COC(=O)c1sc(N(C)CCN(C)C)c(C#N)c1N. The van der Waals surface area contributed by atoms with Gasteiger partial charge in [-0.1, -0.05) is 0 Å². The van der Waals surface area contributed by atoms with E-state index < -0.39 is 5.97 Å². The molecule has 6 nitrogen and oxygen atoms in total. The lowest BCUT2D eigenvalue weighted by Gasteiger charge is -2.20. The highest BCUT2D eigenvalue weighted by Crippen LogP contribution is 2.37. The van der Waals surface area contributed by atoms with Gasteiger partial charge in [0.1, 0.15) is 21.5 Å². The molecule has 2 N–H and O–H groups in total. The van der Waals surface area contributed by atoms with Crippen LogP contribution >= 0.6 is 11.3 Å². The van der Waals surface area contributed by atoms with Gasteiger partial charge >= 0.3 is 5.97 Å². The van der Waals surface area contributed by atoms with E-state index in [1.54, 1.807) is 0 Å². The fraction of sp³-hybridized carbons (Fsp3) is 0.500. The molecule has 0 aliphatic heterocycles. The average molecular weight is 282 g/mol. The predicted molar refractivity (Wildman–Crippen MR) is 76.6 cm³/mol. The first-order valence-corrected chi connectivity index (χ1v) is 6.50. The number of nitrogens with two attached hydrogens (primary N) is 1. The fourth-order valence-electron chi connectivity index (χ4n) is 1.50. The Morgan fingerprint density at radius 3 is 2.53 bits per heavy atom. The summed E-state index contributed by atoms with van der Waals surface area (Å²) >= 11 is 1.19. The molecular weight excluding hydrogens is 264 g/mol. The number of rotatable bonds is 5. The summed E-state index contributed by atoms with van der Waals surface area (Å²) in [5.41, 5.74) is 6.37. The number of nitrogen functional groups attached to an aromatic ring is 1. The topological polar surface area (TPSA) is 82.6 Å². The first kappa shape index (κ1) is 15.3. The van der Waals surface area contributed by atoms with E-state index in [-0.39, 0.29) is 10.6 Å². The minimum absolute atomic E-state index is 0.200. The summed E-state index contributed by atoms with van der Waals surface area (Å²) in [6, 6.07) is 2.05. The third kappa shape index (κ3) is 3.36. The van der Waals surface area contributed by atoms with E-state index in [9.17, 15) is 10.1 Å². The lowest BCUT2D eigenvalue weighted by atomic mass is 10.2. The predicted octanol–water partition coefficient (Wildman–Crippen LogP) is 0.986. The highest BCUT2D eigenvalue weighted by Gasteiger charge is 2.23. The van der Waals surface area contributed by atoms with Crippen molar-refractivity contribution in [2.24, 2.45) is 0 Å². The van der Waals surface area contributed by atoms with Crippen LogP contribution in [0.25, 0.3) is 0 Å². The number of hydrogen-bond acceptors (Lipinski definition) is 7. The number of nitriles is 1. The number of likely N-dealkylation sites (N-methyl/N-ethyl adjacent to an activating group) is 2. The van der Waals surface area contributed by atoms with E-state index in [0.29, 0.717) is 10.6 Å². The summed E-state index contributed by atoms with van der Waals surface area (Å²) in [6.45, 7) is 1.58. The maximum atomic E-state index is 11.6. The molecule has 0 saturated carbocycles. The molecule has 19 heavy (non-hydrogen) atoms. The van der Waals surface area contributed by atoms with Crippen molar-refractivity contribution < 1.29 is 9.53 Å². The number of ether oxygens (including phenoxy) is 1. The average Bonchev–Trinajstić information content (AvgIpc) is 2.72. The number of hydrogen-bond donors (Lipinski definition) is 1. The molecule has 0 aromatic carbocycles. The van der Waals surface area contributed by atoms with Crippen LogP contribution in [0.15, 0.2) is 0 Å². The van der Waals surface area contributed by atoms with E-state index in [1.165, 1.54) is 18.4 Å². The Kier molecular flexibility index (Phi) is 5.15. The van der Waals surface area contributed by atoms with E-state index in [2.05, 4.69) is 10.8 Å². The van der Waals surface area contributed by atoms with Crippen molar-refractivity contribution in [3.8, 4) is 6.07 Å². The highest BCUT2D eigenvalue weighted by atomic mass is 32.1. The zero-order valence-electron chi connectivity index (χ0n) is 11.6. The summed E-state index contributed by atoms with van der Waals surface area (Å²) in [5, 5.41) is 9.88. The van der Waals surface area contributed by atoms with Gasteiger partial charge in [-0.25, -0.2) is 4.79 Å². The highest BCUT2D eigenvalue weighted by molar-refractivity contribution is 7.18. The monoisotopic (exact) mass is 282 g/mol. The maximum absolute atomic E-state index is 11.6. The standard InChI is InChI=1S/C12H18N4O2S/c1-15(2)5-6-16(3)11-8(7-13)9(14)10(19-11)12(17)18-4/h5-6,14H2,1-4H3. The molecule has 0 spiro atoms. The van der Waals surface area contributed by atoms with Gasteiger partial charge in [-0.3, -0.25) is 0 Å². The molecule has 0 bridgehead atoms. The van der Waals surface area contributed by atoms with Crippen LogP contribution in [-0.4, -0.2) is 52.2 Å². The number of carbonyl (C=O) groups excluding carboxylic acids is 1. The Labute approximate surface area is 117 Å². The van der Waals surface area contributed by atoms with Crippen LogP contribution in [0.5, 0.6) is 0 Å². The Balaban J connectivity index is 3.07. The van der Waals surface area contributed by atoms with Gasteiger partial charge in [0.15, 0.2) is 0 Å². The Hall–Kier alpha value is -1.78. The second-order valence-electron chi connectivity index (χ2n) is 4.35. The van der Waals surface area contributed by atoms with Crippen molar-refractivity contribution in [1.29, 1.82) is 5.26 Å². The number of anilines is 2. The molecule has 0 aliphatic rings. The van der Waals surface area contributed by atoms with Crippen LogP contribution in [0.1, 0.15) is 15.2 Å². The Bertz CT molecular complexity index is 505. The molecule has 0 atom stereocenters. The van der Waals surface area contributed by atoms with Gasteiger partial charge in [-0.2, -0.15) is 5.26 Å². The minimum atomic E-state index is -0.508. The summed E-state index contributed by atoms with van der Waals surface area (Å²) in [7, 11) is 7.11. The minimum Gasteiger partial charge on any atom is -0.465 e. The summed E-state index contributed by atoms with van der Waals surface area (Å²) < 4.78 is 4.66. The summed E-state index contributed by atoms with van der Waals surface area (Å²) in [5.74, 6) is -0.508. The Morgan fingerprint density at radius 2 is 2.05 bits per heavy atom. The van der Waals surface area contributed by atoms with Crippen LogP contribution in [0.2, 0.25) is 0 Å². The van der Waals surface area contributed by atoms with Gasteiger partial charge in [0.25, 0.3) is 0 Å². The molecule has 1 aromatic heterocycles. The molecule has 1 rings (SSSR count). The molecule has 104 valence electrons. The smallest absolute Gasteiger partial charge is 0.350 e. The van der Waals surface area contributed by atoms with Gasteiger partial charge in [0.2, 0.25) is 0 Å². The largest absolute Gasteiger partial charge is 0.465 e. The first-order valence-electron chi connectivity index (χ1n) is 5.68. The zero-order chi connectivity index (χ0) is 14.6. The normalized spacial score (nSPS) is 10.3. The molecule has 0 saturated heterocycles. The molecular formula is C12H18N4O2S. The number of thiophene rings is 1. The van der Waals surface area contributed by atoms with E-state index in [1.807, 2.05) is 30.9 Å². The fourth-order valence-corrected chi connectivity index (χ4v) is 2.58. The van der Waals surface area contributed by atoms with Crippen LogP contribution in [0, 0.1) is 11.3 Å². The van der Waals surface area contributed by atoms with Crippen molar-refractivity contribution in [3.05, 3.63) is 10.4 Å². The van der Waals surface area contributed by atoms with Crippen molar-refractivity contribution in [1.82, 2.24) is 4.90 Å². The van der Waals surface area contributed by atoms with Gasteiger partial charge in [-0.05, 0) is 14.1 Å². The van der Waals surface area contributed by atoms with Gasteiger partial charge in [0, 0.05) is 20.1 Å². The summed E-state index contributed by atoms with van der Waals surface area (Å²) in [6.07, 6.45) is 0. The van der Waals surface area contributed by atoms with E-state index >= 15 is 0 Å². The van der Waals surface area contributed by atoms with E-state index in [0.717, 1.165) is 13.1 Å². The van der Waals surface area contributed by atoms with Gasteiger partial charge in [0.05, 0.1) is 12.8 Å². The second kappa shape index (κ2) is 6.41. The third-order valence-electron chi connectivity index (χ3n) is 2.64. The maximum Gasteiger partial charge on any atom is 0.350 e. The van der Waals surface area contributed by atoms with Crippen molar-refractivity contribution >= 4 is 28.0 Å². The molecule has 0 amide bonds. The lowest BCUT2D eigenvalue weighted by molar-refractivity contribution is 0.0607. The molecule has 7 heteroatoms. The van der Waals surface area contributed by atoms with Crippen molar-refractivity contribution in [2.75, 3.05) is 52.0 Å². The van der Waals surface area contributed by atoms with Crippen LogP contribution < -0.4 is 10.6 Å². The summed E-state index contributed by atoms with van der Waals surface area (Å²) in [4.78, 5) is 15.8. The molecule has 0 aliphatic carbocycles. The molecule has 1 heterocycles. The quantitative estimate of drug-likeness (QED) is 0.811. The van der Waals surface area contributed by atoms with Crippen molar-refractivity contribution in [2.45, 2.75) is 0 Å². The number of esters is 1. The van der Waals surface area contributed by atoms with Gasteiger partial charge in [-0.15, -0.1) is 11.3 Å². The van der Waals surface area contributed by atoms with Crippen LogP contribution in [0.3, 0.4) is 0 Å². The van der Waals surface area contributed by atoms with Crippen LogP contribution in [0.4, 0.5) is 10.7 Å². The van der Waals surface area contributed by atoms with Crippen molar-refractivity contribution in [3.63, 3.8) is 0 Å². The van der Waals surface area contributed by atoms with Crippen LogP contribution in [-0.2, 0) is 4.74 Å². The van der Waals surface area contributed by atoms with Gasteiger partial charge < -0.3 is 20.3 Å². The molecule has 1 aromatic rings. The van der Waals surface area contributed by atoms with E-state index in [4.69, 9.17) is 5.73 Å². The lowest BCUT2D eigenvalue weighted by Crippen LogP contribution is -2.28. The number of methoxy groups -OCH3 is 1. The number of nitrogens with zero attached hydrogens (tertiary/aromatic N) is 3. The Morgan fingerprint density at radius 1 is 1.42 bits per heavy atom.